The van der Waals surface area contributed by atoms with Gasteiger partial charge < -0.3 is 10.5 Å². The summed E-state index contributed by atoms with van der Waals surface area (Å²) in [6.07, 6.45) is 0. The maximum absolute atomic E-state index is 12.1. The fourth-order valence-corrected chi connectivity index (χ4v) is 2.67. The molecule has 0 saturated carbocycles. The molecule has 110 valence electrons. The summed E-state index contributed by atoms with van der Waals surface area (Å²) >= 11 is 3.25. The van der Waals surface area contributed by atoms with E-state index in [-0.39, 0.29) is 10.6 Å². The average molecular weight is 369 g/mol. The van der Waals surface area contributed by atoms with Crippen molar-refractivity contribution >= 4 is 31.7 Å². The molecule has 0 unspecified atom stereocenters. The number of phenolic OH excluding ortho intramolecular Hbond substituents is 1. The SMILES string of the molecule is C=C(NNS(=O)(=O)c1ccc(Br)cc1)c1ccc(O)cc1. The topological polar surface area (TPSA) is 78.4 Å². The van der Waals surface area contributed by atoms with Crippen LogP contribution in [0.3, 0.4) is 0 Å². The second-order valence-corrected chi connectivity index (χ2v) is 6.81. The Bertz CT molecular complexity index is 741. The van der Waals surface area contributed by atoms with Crippen LogP contribution < -0.4 is 10.3 Å². The van der Waals surface area contributed by atoms with Crippen LogP contribution in [-0.4, -0.2) is 13.5 Å². The summed E-state index contributed by atoms with van der Waals surface area (Å²) in [6, 6.07) is 12.5. The molecule has 0 aliphatic rings. The quantitative estimate of drug-likeness (QED) is 0.708. The molecule has 2 rings (SSSR count). The van der Waals surface area contributed by atoms with Gasteiger partial charge in [0, 0.05) is 10.2 Å². The molecule has 7 heteroatoms. The van der Waals surface area contributed by atoms with Crippen molar-refractivity contribution in [2.75, 3.05) is 0 Å². The molecule has 5 nitrogen and oxygen atoms in total. The van der Waals surface area contributed by atoms with Crippen LogP contribution in [-0.2, 0) is 10.0 Å². The lowest BCUT2D eigenvalue weighted by molar-refractivity contribution is 0.475. The lowest BCUT2D eigenvalue weighted by atomic mass is 10.2. The number of sulfonamides is 1. The lowest BCUT2D eigenvalue weighted by Crippen LogP contribution is -2.35. The molecule has 0 bridgehead atoms. The molecule has 0 radical (unpaired) electrons. The molecule has 2 aromatic rings. The minimum Gasteiger partial charge on any atom is -0.508 e. The van der Waals surface area contributed by atoms with E-state index in [4.69, 9.17) is 0 Å². The number of aromatic hydroxyl groups is 1. The van der Waals surface area contributed by atoms with E-state index >= 15 is 0 Å². The Morgan fingerprint density at radius 1 is 1.05 bits per heavy atom. The minimum absolute atomic E-state index is 0.127. The number of hydrazine groups is 1. The molecule has 0 saturated heterocycles. The van der Waals surface area contributed by atoms with Gasteiger partial charge in [0.05, 0.1) is 4.90 Å². The summed E-state index contributed by atoms with van der Waals surface area (Å²) in [5.41, 5.74) is 3.58. The van der Waals surface area contributed by atoms with Crippen LogP contribution in [0.1, 0.15) is 5.56 Å². The molecule has 0 fully saturated rings. The van der Waals surface area contributed by atoms with Crippen LogP contribution in [0.4, 0.5) is 0 Å². The smallest absolute Gasteiger partial charge is 0.257 e. The van der Waals surface area contributed by atoms with Gasteiger partial charge in [-0.1, -0.05) is 22.5 Å². The average Bonchev–Trinajstić information content (AvgIpc) is 2.46. The van der Waals surface area contributed by atoms with Gasteiger partial charge >= 0.3 is 0 Å². The number of phenols is 1. The highest BCUT2D eigenvalue weighted by molar-refractivity contribution is 9.10. The first-order valence-electron chi connectivity index (χ1n) is 5.90. The van der Waals surface area contributed by atoms with Crippen LogP contribution in [0.2, 0.25) is 0 Å². The third-order valence-corrected chi connectivity index (χ3v) is 4.47. The van der Waals surface area contributed by atoms with Crippen molar-refractivity contribution in [1.82, 2.24) is 10.3 Å². The first kappa shape index (κ1) is 15.6. The van der Waals surface area contributed by atoms with Gasteiger partial charge in [-0.3, -0.25) is 0 Å². The Hall–Kier alpha value is -1.83. The Labute approximate surface area is 131 Å². The fraction of sp³-hybridized carbons (Fsp3) is 0. The molecule has 0 amide bonds. The third kappa shape index (κ3) is 4.07. The summed E-state index contributed by atoms with van der Waals surface area (Å²) in [4.78, 5) is 2.39. The van der Waals surface area contributed by atoms with E-state index in [1.807, 2.05) is 0 Å². The van der Waals surface area contributed by atoms with E-state index in [1.54, 1.807) is 24.3 Å². The van der Waals surface area contributed by atoms with Gasteiger partial charge in [-0.25, -0.2) is 8.42 Å². The van der Waals surface area contributed by atoms with Gasteiger partial charge in [0.1, 0.15) is 5.75 Å². The minimum atomic E-state index is -3.68. The zero-order valence-corrected chi connectivity index (χ0v) is 13.3. The predicted molar refractivity (Wildman–Crippen MR) is 84.7 cm³/mol. The van der Waals surface area contributed by atoms with Gasteiger partial charge in [0.25, 0.3) is 10.0 Å². The van der Waals surface area contributed by atoms with Crippen LogP contribution in [0.15, 0.2) is 64.5 Å². The van der Waals surface area contributed by atoms with E-state index in [0.717, 1.165) is 4.47 Å². The zero-order valence-electron chi connectivity index (χ0n) is 10.9. The third-order valence-electron chi connectivity index (χ3n) is 2.68. The van der Waals surface area contributed by atoms with Gasteiger partial charge in [-0.05, 0) is 54.1 Å². The highest BCUT2D eigenvalue weighted by Crippen LogP contribution is 2.16. The van der Waals surface area contributed by atoms with Crippen LogP contribution in [0, 0.1) is 0 Å². The fourth-order valence-electron chi connectivity index (χ4n) is 1.54. The highest BCUT2D eigenvalue weighted by Gasteiger charge is 2.13. The second-order valence-electron chi connectivity index (χ2n) is 4.21. The van der Waals surface area contributed by atoms with Crippen molar-refractivity contribution in [3.05, 3.63) is 65.1 Å². The first-order chi connectivity index (χ1) is 9.88. The van der Waals surface area contributed by atoms with Crippen molar-refractivity contribution in [2.45, 2.75) is 4.90 Å². The molecule has 0 heterocycles. The van der Waals surface area contributed by atoms with Crippen LogP contribution in [0.25, 0.3) is 5.70 Å². The largest absolute Gasteiger partial charge is 0.508 e. The molecule has 0 aromatic heterocycles. The predicted octanol–water partition coefficient (Wildman–Crippen LogP) is 2.61. The van der Waals surface area contributed by atoms with Crippen molar-refractivity contribution < 1.29 is 13.5 Å². The van der Waals surface area contributed by atoms with Crippen molar-refractivity contribution in [3.63, 3.8) is 0 Å². The number of benzene rings is 2. The van der Waals surface area contributed by atoms with Crippen LogP contribution in [0.5, 0.6) is 5.75 Å². The number of hydrogen-bond acceptors (Lipinski definition) is 4. The Morgan fingerprint density at radius 2 is 1.62 bits per heavy atom. The molecular formula is C14H13BrN2O3S. The normalized spacial score (nSPS) is 11.1. The van der Waals surface area contributed by atoms with Crippen LogP contribution >= 0.6 is 15.9 Å². The summed E-state index contributed by atoms with van der Waals surface area (Å²) in [7, 11) is -3.68. The molecule has 3 N–H and O–H groups in total. The molecule has 0 aliphatic heterocycles. The van der Waals surface area contributed by atoms with Crippen molar-refractivity contribution in [2.24, 2.45) is 0 Å². The Kier molecular flexibility index (Phi) is 4.66. The van der Waals surface area contributed by atoms with E-state index in [2.05, 4.69) is 32.8 Å². The summed E-state index contributed by atoms with van der Waals surface area (Å²) in [6.45, 7) is 3.74. The number of nitrogens with one attached hydrogen (secondary N) is 2. The van der Waals surface area contributed by atoms with Gasteiger partial charge in [0.15, 0.2) is 0 Å². The molecular weight excluding hydrogens is 356 g/mol. The summed E-state index contributed by atoms with van der Waals surface area (Å²) < 4.78 is 24.9. The zero-order chi connectivity index (χ0) is 15.5. The maximum Gasteiger partial charge on any atom is 0.257 e. The highest BCUT2D eigenvalue weighted by atomic mass is 79.9. The number of hydrogen-bond donors (Lipinski definition) is 3. The summed E-state index contributed by atoms with van der Waals surface area (Å²) in [5.74, 6) is 0.127. The first-order valence-corrected chi connectivity index (χ1v) is 8.18. The number of halogens is 1. The molecule has 0 aliphatic carbocycles. The molecule has 2 aromatic carbocycles. The monoisotopic (exact) mass is 368 g/mol. The van der Waals surface area contributed by atoms with E-state index in [9.17, 15) is 13.5 Å². The van der Waals surface area contributed by atoms with E-state index < -0.39 is 10.0 Å². The Balaban J connectivity index is 2.06. The molecule has 0 atom stereocenters. The standard InChI is InChI=1S/C14H13BrN2O3S/c1-10(11-2-6-13(18)7-3-11)16-17-21(19,20)14-8-4-12(15)5-9-14/h2-9,16-18H,1H2. The lowest BCUT2D eigenvalue weighted by Gasteiger charge is -2.12. The summed E-state index contributed by atoms with van der Waals surface area (Å²) in [5, 5.41) is 9.20. The Morgan fingerprint density at radius 3 is 2.19 bits per heavy atom. The number of rotatable bonds is 5. The van der Waals surface area contributed by atoms with E-state index in [1.165, 1.54) is 24.3 Å². The van der Waals surface area contributed by atoms with Gasteiger partial charge in [-0.2, -0.15) is 0 Å². The van der Waals surface area contributed by atoms with E-state index in [0.29, 0.717) is 11.3 Å². The van der Waals surface area contributed by atoms with Crippen molar-refractivity contribution in [1.29, 1.82) is 0 Å². The molecule has 0 spiro atoms. The molecule has 21 heavy (non-hydrogen) atoms. The second kappa shape index (κ2) is 6.30. The van der Waals surface area contributed by atoms with Gasteiger partial charge in [0.2, 0.25) is 0 Å². The maximum atomic E-state index is 12.1. The van der Waals surface area contributed by atoms with Crippen molar-refractivity contribution in [3.8, 4) is 5.75 Å². The van der Waals surface area contributed by atoms with Gasteiger partial charge in [-0.15, -0.1) is 4.83 Å².